The van der Waals surface area contributed by atoms with E-state index >= 15 is 0 Å². The molecule has 108 valence electrons. The molecule has 0 spiro atoms. The van der Waals surface area contributed by atoms with Gasteiger partial charge in [-0.1, -0.05) is 31.5 Å². The normalized spacial score (nSPS) is 23.1. The molecule has 1 saturated carbocycles. The number of carbonyl (C=O) groups excluding carboxylic acids is 1. The number of nitrogens with zero attached hydrogens (tertiary/aromatic N) is 1. The minimum absolute atomic E-state index is 0.143. The van der Waals surface area contributed by atoms with Gasteiger partial charge in [-0.05, 0) is 32.8 Å². The van der Waals surface area contributed by atoms with E-state index in [0.29, 0.717) is 13.1 Å². The minimum Gasteiger partial charge on any atom is -0.486 e. The van der Waals surface area contributed by atoms with E-state index in [1.165, 1.54) is 6.42 Å². The van der Waals surface area contributed by atoms with E-state index in [4.69, 9.17) is 4.74 Å². The van der Waals surface area contributed by atoms with Crippen LogP contribution in [0.4, 0.5) is 0 Å². The van der Waals surface area contributed by atoms with Gasteiger partial charge < -0.3 is 9.64 Å². The molecule has 0 unspecified atom stereocenters. The largest absolute Gasteiger partial charge is 0.486 e. The first kappa shape index (κ1) is 13.5. The fourth-order valence-corrected chi connectivity index (χ4v) is 3.23. The van der Waals surface area contributed by atoms with E-state index in [0.717, 1.165) is 24.2 Å². The molecular weight excluding hydrogens is 250 g/mol. The lowest BCUT2D eigenvalue weighted by Crippen LogP contribution is -2.50. The molecule has 1 fully saturated rings. The molecule has 3 heteroatoms. The molecule has 1 aromatic rings. The van der Waals surface area contributed by atoms with Crippen LogP contribution < -0.4 is 4.74 Å². The van der Waals surface area contributed by atoms with Crippen molar-refractivity contribution in [1.82, 2.24) is 4.90 Å². The Morgan fingerprint density at radius 1 is 1.20 bits per heavy atom. The van der Waals surface area contributed by atoms with Crippen molar-refractivity contribution in [3.8, 4) is 5.75 Å². The highest BCUT2D eigenvalue weighted by atomic mass is 16.5. The monoisotopic (exact) mass is 273 g/mol. The van der Waals surface area contributed by atoms with Crippen molar-refractivity contribution in [3.63, 3.8) is 0 Å². The zero-order valence-corrected chi connectivity index (χ0v) is 12.6. The first-order chi connectivity index (χ1) is 9.40. The minimum atomic E-state index is -0.345. The lowest BCUT2D eigenvalue weighted by Gasteiger charge is -2.41. The molecular formula is C17H23NO2. The van der Waals surface area contributed by atoms with Crippen molar-refractivity contribution in [1.29, 1.82) is 0 Å². The summed E-state index contributed by atoms with van der Waals surface area (Å²) in [5, 5.41) is 0. The fraction of sp³-hybridized carbons (Fsp3) is 0.588. The summed E-state index contributed by atoms with van der Waals surface area (Å²) < 4.78 is 6.10. The average Bonchev–Trinajstić information content (AvgIpc) is 2.49. The first-order valence-electron chi connectivity index (χ1n) is 7.46. The predicted octanol–water partition coefficient (Wildman–Crippen LogP) is 3.38. The first-order valence-corrected chi connectivity index (χ1v) is 7.46. The highest BCUT2D eigenvalue weighted by molar-refractivity contribution is 5.83. The molecule has 0 N–H and O–H groups in total. The molecule has 3 nitrogen and oxygen atoms in total. The summed E-state index contributed by atoms with van der Waals surface area (Å²) in [6.45, 7) is 7.52. The SMILES string of the molecule is CC1(C)CN(C(=O)C2(C)CCC2)Cc2ccccc2O1. The van der Waals surface area contributed by atoms with Gasteiger partial charge in [0.25, 0.3) is 0 Å². The lowest BCUT2D eigenvalue weighted by molar-refractivity contribution is -0.148. The number of amides is 1. The second-order valence-electron chi connectivity index (χ2n) is 7.04. The molecule has 2 aliphatic rings. The third-order valence-electron chi connectivity index (χ3n) is 4.55. The van der Waals surface area contributed by atoms with Gasteiger partial charge in [-0.3, -0.25) is 4.79 Å². The number of benzene rings is 1. The van der Waals surface area contributed by atoms with E-state index in [1.54, 1.807) is 0 Å². The summed E-state index contributed by atoms with van der Waals surface area (Å²) in [7, 11) is 0. The fourth-order valence-electron chi connectivity index (χ4n) is 3.23. The number of ether oxygens (including phenoxy) is 1. The standard InChI is InChI=1S/C17H23NO2/c1-16(2)12-18(15(19)17(3)9-6-10-17)11-13-7-4-5-8-14(13)20-16/h4-5,7-8H,6,9-12H2,1-3H3. The zero-order chi connectivity index (χ0) is 14.4. The van der Waals surface area contributed by atoms with Crippen molar-refractivity contribution < 1.29 is 9.53 Å². The Labute approximate surface area is 120 Å². The smallest absolute Gasteiger partial charge is 0.228 e. The van der Waals surface area contributed by atoms with E-state index < -0.39 is 0 Å². The number of rotatable bonds is 1. The number of carbonyl (C=O) groups is 1. The third-order valence-corrected chi connectivity index (χ3v) is 4.55. The van der Waals surface area contributed by atoms with Gasteiger partial charge in [0.15, 0.2) is 0 Å². The molecule has 0 bridgehead atoms. The van der Waals surface area contributed by atoms with Crippen LogP contribution in [0.2, 0.25) is 0 Å². The van der Waals surface area contributed by atoms with Crippen LogP contribution >= 0.6 is 0 Å². The zero-order valence-electron chi connectivity index (χ0n) is 12.6. The number of hydrogen-bond acceptors (Lipinski definition) is 2. The van der Waals surface area contributed by atoms with Crippen LogP contribution in [0.3, 0.4) is 0 Å². The third kappa shape index (κ3) is 2.30. The molecule has 20 heavy (non-hydrogen) atoms. The molecule has 0 aromatic heterocycles. The summed E-state index contributed by atoms with van der Waals surface area (Å²) in [6, 6.07) is 8.05. The van der Waals surface area contributed by atoms with Gasteiger partial charge >= 0.3 is 0 Å². The summed E-state index contributed by atoms with van der Waals surface area (Å²) in [4.78, 5) is 14.8. The second kappa shape index (κ2) is 4.51. The molecule has 1 aromatic carbocycles. The quantitative estimate of drug-likeness (QED) is 0.785. The summed E-state index contributed by atoms with van der Waals surface area (Å²) in [6.07, 6.45) is 3.21. The highest BCUT2D eigenvalue weighted by Crippen LogP contribution is 2.43. The number of hydrogen-bond donors (Lipinski definition) is 0. The Morgan fingerprint density at radius 3 is 2.55 bits per heavy atom. The molecule has 1 aliphatic heterocycles. The van der Waals surface area contributed by atoms with E-state index in [-0.39, 0.29) is 16.9 Å². The predicted molar refractivity (Wildman–Crippen MR) is 78.5 cm³/mol. The van der Waals surface area contributed by atoms with Gasteiger partial charge in [0.05, 0.1) is 6.54 Å². The molecule has 0 saturated heterocycles. The Balaban J connectivity index is 1.91. The van der Waals surface area contributed by atoms with Crippen LogP contribution in [0.25, 0.3) is 0 Å². The van der Waals surface area contributed by atoms with E-state index in [1.807, 2.05) is 23.1 Å². The Bertz CT molecular complexity index is 532. The van der Waals surface area contributed by atoms with Crippen LogP contribution in [0.15, 0.2) is 24.3 Å². The highest BCUT2D eigenvalue weighted by Gasteiger charge is 2.44. The van der Waals surface area contributed by atoms with Crippen molar-refractivity contribution >= 4 is 5.91 Å². The Morgan fingerprint density at radius 2 is 1.90 bits per heavy atom. The maximum Gasteiger partial charge on any atom is 0.228 e. The molecule has 0 radical (unpaired) electrons. The summed E-state index contributed by atoms with van der Waals surface area (Å²) in [5.74, 6) is 1.20. The molecule has 3 rings (SSSR count). The van der Waals surface area contributed by atoms with Gasteiger partial charge in [0.2, 0.25) is 5.91 Å². The maximum atomic E-state index is 12.8. The molecule has 0 atom stereocenters. The van der Waals surface area contributed by atoms with Gasteiger partial charge in [0, 0.05) is 17.5 Å². The maximum absolute atomic E-state index is 12.8. The van der Waals surface area contributed by atoms with Gasteiger partial charge in [-0.25, -0.2) is 0 Å². The number of para-hydroxylation sites is 1. The van der Waals surface area contributed by atoms with Gasteiger partial charge in [0.1, 0.15) is 11.4 Å². The van der Waals surface area contributed by atoms with Crippen LogP contribution in [-0.4, -0.2) is 23.0 Å². The van der Waals surface area contributed by atoms with Crippen LogP contribution in [0.1, 0.15) is 45.6 Å². The van der Waals surface area contributed by atoms with Gasteiger partial charge in [-0.15, -0.1) is 0 Å². The number of fused-ring (bicyclic) bond motifs is 1. The van der Waals surface area contributed by atoms with E-state index in [9.17, 15) is 4.79 Å². The second-order valence-corrected chi connectivity index (χ2v) is 7.04. The van der Waals surface area contributed by atoms with Crippen LogP contribution in [0.5, 0.6) is 5.75 Å². The topological polar surface area (TPSA) is 29.5 Å². The van der Waals surface area contributed by atoms with Crippen molar-refractivity contribution in [2.75, 3.05) is 6.54 Å². The van der Waals surface area contributed by atoms with Crippen molar-refractivity contribution in [2.24, 2.45) is 5.41 Å². The van der Waals surface area contributed by atoms with E-state index in [2.05, 4.69) is 26.8 Å². The summed E-state index contributed by atoms with van der Waals surface area (Å²) in [5.41, 5.74) is 0.618. The van der Waals surface area contributed by atoms with Crippen LogP contribution in [-0.2, 0) is 11.3 Å². The molecule has 1 aliphatic carbocycles. The molecule has 1 heterocycles. The van der Waals surface area contributed by atoms with Crippen molar-refractivity contribution in [2.45, 2.75) is 52.2 Å². The lowest BCUT2D eigenvalue weighted by atomic mass is 9.69. The van der Waals surface area contributed by atoms with Gasteiger partial charge in [-0.2, -0.15) is 0 Å². The Kier molecular flexibility index (Phi) is 3.03. The Hall–Kier alpha value is -1.51. The van der Waals surface area contributed by atoms with Crippen molar-refractivity contribution in [3.05, 3.63) is 29.8 Å². The summed E-state index contributed by atoms with van der Waals surface area (Å²) >= 11 is 0. The van der Waals surface area contributed by atoms with Crippen LogP contribution in [0, 0.1) is 5.41 Å². The average molecular weight is 273 g/mol. The molecule has 1 amide bonds.